The van der Waals surface area contributed by atoms with E-state index in [1.165, 1.54) is 0 Å². The van der Waals surface area contributed by atoms with Gasteiger partial charge in [-0.1, -0.05) is 0 Å². The highest BCUT2D eigenvalue weighted by atomic mass is 35.5. The number of rotatable bonds is 4. The van der Waals surface area contributed by atoms with Gasteiger partial charge in [-0.05, 0) is 57.3 Å². The van der Waals surface area contributed by atoms with Crippen molar-refractivity contribution >= 4 is 36.5 Å². The smallest absolute Gasteiger partial charge is 0.263 e. The molecular formula is C18H27Cl2N5O2. The number of carbonyl (C=O) groups is 1. The van der Waals surface area contributed by atoms with E-state index >= 15 is 0 Å². The SMILES string of the molecule is Cc1cc(NC(=O)c2c(C)ccn(CC3CCCNC3)c2=O)n(C)n1.Cl.Cl. The molecule has 0 radical (unpaired) electrons. The zero-order chi connectivity index (χ0) is 18.0. The summed E-state index contributed by atoms with van der Waals surface area (Å²) in [5.74, 6) is 0.611. The monoisotopic (exact) mass is 415 g/mol. The molecule has 3 rings (SSSR count). The molecule has 7 nitrogen and oxygen atoms in total. The third kappa shape index (κ3) is 5.34. The van der Waals surface area contributed by atoms with Crippen LogP contribution >= 0.6 is 24.8 Å². The molecule has 9 heteroatoms. The van der Waals surface area contributed by atoms with Gasteiger partial charge in [0.1, 0.15) is 11.4 Å². The van der Waals surface area contributed by atoms with E-state index in [0.29, 0.717) is 23.8 Å². The molecule has 0 bridgehead atoms. The number of amides is 1. The second-order valence-electron chi connectivity index (χ2n) is 6.79. The Morgan fingerprint density at radius 2 is 2.11 bits per heavy atom. The average Bonchev–Trinajstić information content (AvgIpc) is 2.88. The number of pyridine rings is 1. The third-order valence-electron chi connectivity index (χ3n) is 4.70. The van der Waals surface area contributed by atoms with Crippen molar-refractivity contribution < 1.29 is 4.79 Å². The van der Waals surface area contributed by atoms with E-state index in [4.69, 9.17) is 0 Å². The Morgan fingerprint density at radius 3 is 2.70 bits per heavy atom. The van der Waals surface area contributed by atoms with Crippen molar-refractivity contribution in [1.29, 1.82) is 0 Å². The summed E-state index contributed by atoms with van der Waals surface area (Å²) >= 11 is 0. The minimum atomic E-state index is -0.387. The lowest BCUT2D eigenvalue weighted by Crippen LogP contribution is -2.36. The topological polar surface area (TPSA) is 81.0 Å². The Labute approximate surface area is 171 Å². The van der Waals surface area contributed by atoms with Crippen LogP contribution in [0.4, 0.5) is 5.82 Å². The summed E-state index contributed by atoms with van der Waals surface area (Å²) in [6.45, 7) is 6.23. The van der Waals surface area contributed by atoms with Gasteiger partial charge in [0, 0.05) is 25.9 Å². The maximum Gasteiger partial charge on any atom is 0.263 e. The van der Waals surface area contributed by atoms with E-state index in [0.717, 1.165) is 31.6 Å². The van der Waals surface area contributed by atoms with Crippen LogP contribution in [0.3, 0.4) is 0 Å². The Morgan fingerprint density at radius 1 is 1.37 bits per heavy atom. The fourth-order valence-corrected chi connectivity index (χ4v) is 3.35. The summed E-state index contributed by atoms with van der Waals surface area (Å²) in [4.78, 5) is 25.5. The van der Waals surface area contributed by atoms with Gasteiger partial charge in [0.15, 0.2) is 0 Å². The number of hydrogen-bond acceptors (Lipinski definition) is 4. The van der Waals surface area contributed by atoms with E-state index in [1.807, 2.05) is 13.0 Å². The number of anilines is 1. The maximum atomic E-state index is 12.8. The van der Waals surface area contributed by atoms with Crippen LogP contribution in [0, 0.1) is 19.8 Å². The van der Waals surface area contributed by atoms with Crippen molar-refractivity contribution in [3.63, 3.8) is 0 Å². The molecule has 0 saturated carbocycles. The summed E-state index contributed by atoms with van der Waals surface area (Å²) in [6.07, 6.45) is 4.01. The van der Waals surface area contributed by atoms with Crippen molar-refractivity contribution in [2.75, 3.05) is 18.4 Å². The summed E-state index contributed by atoms with van der Waals surface area (Å²) in [6, 6.07) is 3.61. The van der Waals surface area contributed by atoms with E-state index in [9.17, 15) is 9.59 Å². The molecule has 1 atom stereocenters. The molecule has 3 heterocycles. The molecule has 1 fully saturated rings. The standard InChI is InChI=1S/C18H25N5O2.2ClH/c1-12-6-8-23(11-14-5-4-7-19-10-14)18(25)16(12)17(24)20-15-9-13(2)21-22(15)3;;/h6,8-9,14,19H,4-5,7,10-11H2,1-3H3,(H,20,24);2*1H. The fraction of sp³-hybridized carbons (Fsp3) is 0.500. The normalized spacial score (nSPS) is 16.2. The number of nitrogens with zero attached hydrogens (tertiary/aromatic N) is 3. The second kappa shape index (κ2) is 9.92. The van der Waals surface area contributed by atoms with E-state index in [2.05, 4.69) is 15.7 Å². The van der Waals surface area contributed by atoms with Crippen LogP contribution in [0.5, 0.6) is 0 Å². The Hall–Kier alpha value is -1.83. The van der Waals surface area contributed by atoms with Crippen LogP contribution in [-0.4, -0.2) is 33.3 Å². The van der Waals surface area contributed by atoms with Crippen LogP contribution in [-0.2, 0) is 13.6 Å². The Kier molecular flexibility index (Phi) is 8.53. The van der Waals surface area contributed by atoms with Gasteiger partial charge in [0.2, 0.25) is 0 Å². The molecule has 0 aliphatic carbocycles. The minimum absolute atomic E-state index is 0. The zero-order valence-electron chi connectivity index (χ0n) is 15.8. The lowest BCUT2D eigenvalue weighted by Gasteiger charge is -2.23. The van der Waals surface area contributed by atoms with Gasteiger partial charge in [-0.15, -0.1) is 24.8 Å². The third-order valence-corrected chi connectivity index (χ3v) is 4.70. The first-order valence-electron chi connectivity index (χ1n) is 8.68. The fourth-order valence-electron chi connectivity index (χ4n) is 3.35. The summed E-state index contributed by atoms with van der Waals surface area (Å²) in [7, 11) is 1.76. The molecule has 0 aromatic carbocycles. The molecule has 150 valence electrons. The molecule has 1 saturated heterocycles. The molecule has 27 heavy (non-hydrogen) atoms. The van der Waals surface area contributed by atoms with Crippen LogP contribution < -0.4 is 16.2 Å². The van der Waals surface area contributed by atoms with Gasteiger partial charge >= 0.3 is 0 Å². The first-order valence-corrected chi connectivity index (χ1v) is 8.68. The number of aryl methyl sites for hydroxylation is 3. The predicted molar refractivity (Wildman–Crippen MR) is 111 cm³/mol. The highest BCUT2D eigenvalue weighted by molar-refractivity contribution is 6.04. The van der Waals surface area contributed by atoms with Gasteiger partial charge < -0.3 is 15.2 Å². The first-order chi connectivity index (χ1) is 12.0. The van der Waals surface area contributed by atoms with Crippen molar-refractivity contribution in [2.24, 2.45) is 13.0 Å². The van der Waals surface area contributed by atoms with Crippen molar-refractivity contribution in [3.05, 3.63) is 45.5 Å². The Balaban J connectivity index is 0.00000182. The highest BCUT2D eigenvalue weighted by Gasteiger charge is 2.20. The first kappa shape index (κ1) is 23.2. The largest absolute Gasteiger partial charge is 0.316 e. The van der Waals surface area contributed by atoms with E-state index in [1.54, 1.807) is 35.5 Å². The van der Waals surface area contributed by atoms with Crippen LogP contribution in [0.2, 0.25) is 0 Å². The predicted octanol–water partition coefficient (Wildman–Crippen LogP) is 2.29. The molecule has 0 spiro atoms. The van der Waals surface area contributed by atoms with Crippen LogP contribution in [0.25, 0.3) is 0 Å². The van der Waals surface area contributed by atoms with Crippen LogP contribution in [0.15, 0.2) is 23.1 Å². The summed E-state index contributed by atoms with van der Waals surface area (Å²) < 4.78 is 3.26. The molecule has 2 aromatic heterocycles. The molecular weight excluding hydrogens is 389 g/mol. The minimum Gasteiger partial charge on any atom is -0.316 e. The summed E-state index contributed by atoms with van der Waals surface area (Å²) in [5, 5.41) is 10.4. The van der Waals surface area contributed by atoms with Crippen molar-refractivity contribution in [3.8, 4) is 0 Å². The number of piperidine rings is 1. The lowest BCUT2D eigenvalue weighted by molar-refractivity contribution is 0.102. The molecule has 1 amide bonds. The number of nitrogens with one attached hydrogen (secondary N) is 2. The molecule has 1 aliphatic rings. The second-order valence-corrected chi connectivity index (χ2v) is 6.79. The highest BCUT2D eigenvalue weighted by Crippen LogP contribution is 2.14. The van der Waals surface area contributed by atoms with E-state index < -0.39 is 0 Å². The van der Waals surface area contributed by atoms with E-state index in [-0.39, 0.29) is 41.8 Å². The Bertz CT molecular complexity index is 841. The lowest BCUT2D eigenvalue weighted by atomic mass is 9.99. The van der Waals surface area contributed by atoms with Crippen molar-refractivity contribution in [2.45, 2.75) is 33.2 Å². The number of carbonyl (C=O) groups excluding carboxylic acids is 1. The maximum absolute atomic E-state index is 12.8. The molecule has 2 aromatic rings. The van der Waals surface area contributed by atoms with Gasteiger partial charge in [-0.25, -0.2) is 0 Å². The number of aromatic nitrogens is 3. The van der Waals surface area contributed by atoms with Gasteiger partial charge in [-0.2, -0.15) is 5.10 Å². The van der Waals surface area contributed by atoms with Gasteiger partial charge in [0.05, 0.1) is 5.69 Å². The number of hydrogen-bond donors (Lipinski definition) is 2. The molecule has 1 aliphatic heterocycles. The zero-order valence-corrected chi connectivity index (χ0v) is 17.5. The molecule has 1 unspecified atom stereocenters. The van der Waals surface area contributed by atoms with Crippen molar-refractivity contribution in [1.82, 2.24) is 19.7 Å². The van der Waals surface area contributed by atoms with Gasteiger partial charge in [-0.3, -0.25) is 14.3 Å². The summed E-state index contributed by atoms with van der Waals surface area (Å²) in [5.41, 5.74) is 1.45. The number of halogens is 2. The quantitative estimate of drug-likeness (QED) is 0.802. The van der Waals surface area contributed by atoms with Gasteiger partial charge in [0.25, 0.3) is 11.5 Å². The molecule has 2 N–H and O–H groups in total. The average molecular weight is 416 g/mol. The van der Waals surface area contributed by atoms with Crippen LogP contribution in [0.1, 0.15) is 34.5 Å².